The first-order valence-electron chi connectivity index (χ1n) is 8.79. The van der Waals surface area contributed by atoms with E-state index in [4.69, 9.17) is 9.84 Å². The summed E-state index contributed by atoms with van der Waals surface area (Å²) in [5.74, 6) is -1.17. The minimum atomic E-state index is -0.585. The molecule has 2 aliphatic heterocycles. The van der Waals surface area contributed by atoms with Crippen molar-refractivity contribution in [1.29, 1.82) is 0 Å². The van der Waals surface area contributed by atoms with Crippen LogP contribution >= 0.6 is 0 Å². The molecule has 2 saturated heterocycles. The lowest BCUT2D eigenvalue weighted by atomic mass is 9.97. The number of amides is 3. The third-order valence-electron chi connectivity index (χ3n) is 4.86. The fraction of sp³-hybridized carbons (Fsp3) is 0.500. The van der Waals surface area contributed by atoms with Crippen LogP contribution in [-0.4, -0.2) is 66.8 Å². The van der Waals surface area contributed by atoms with Gasteiger partial charge < -0.3 is 20.1 Å². The summed E-state index contributed by atoms with van der Waals surface area (Å²) in [5, 5.41) is 11.5. The molecule has 0 aromatic heterocycles. The number of nitrogens with zero attached hydrogens (tertiary/aromatic N) is 2. The Bertz CT molecular complexity index is 757. The normalized spacial score (nSPS) is 22.1. The molecule has 3 rings (SSSR count). The molecule has 0 radical (unpaired) electrons. The van der Waals surface area contributed by atoms with Gasteiger partial charge in [0.15, 0.2) is 0 Å². The van der Waals surface area contributed by atoms with Crippen LogP contribution in [0.3, 0.4) is 0 Å². The van der Waals surface area contributed by atoms with Crippen LogP contribution in [0.15, 0.2) is 18.2 Å². The van der Waals surface area contributed by atoms with Gasteiger partial charge in [0, 0.05) is 25.9 Å². The second-order valence-corrected chi connectivity index (χ2v) is 6.74. The predicted molar refractivity (Wildman–Crippen MR) is 93.7 cm³/mol. The summed E-state index contributed by atoms with van der Waals surface area (Å²) in [6, 6.07) is 4.56. The monoisotopic (exact) mass is 379 g/mol. The van der Waals surface area contributed by atoms with Gasteiger partial charge in [0.1, 0.15) is 18.5 Å². The molecule has 0 aliphatic carbocycles. The van der Waals surface area contributed by atoms with Crippen molar-refractivity contribution < 1.29 is 28.6 Å². The summed E-state index contributed by atoms with van der Waals surface area (Å²) < 4.78 is 19.8. The van der Waals surface area contributed by atoms with Gasteiger partial charge in [-0.25, -0.2) is 9.18 Å². The molecular weight excluding hydrogens is 357 g/mol. The van der Waals surface area contributed by atoms with Gasteiger partial charge in [-0.1, -0.05) is 6.07 Å². The van der Waals surface area contributed by atoms with Crippen molar-refractivity contribution in [3.8, 4) is 0 Å². The lowest BCUT2D eigenvalue weighted by molar-refractivity contribution is -0.133. The maximum atomic E-state index is 14.7. The number of carbonyl (C=O) groups is 3. The number of ether oxygens (including phenoxy) is 1. The van der Waals surface area contributed by atoms with Crippen LogP contribution in [0.1, 0.15) is 24.8 Å². The fourth-order valence-corrected chi connectivity index (χ4v) is 3.45. The number of likely N-dealkylation sites (tertiary alicyclic amines) is 1. The van der Waals surface area contributed by atoms with Crippen molar-refractivity contribution >= 4 is 23.6 Å². The first kappa shape index (κ1) is 19.1. The molecule has 146 valence electrons. The maximum Gasteiger partial charge on any atom is 0.414 e. The second-order valence-electron chi connectivity index (χ2n) is 6.74. The molecule has 2 atom stereocenters. The average Bonchev–Trinajstić information content (AvgIpc) is 3.26. The van der Waals surface area contributed by atoms with Crippen LogP contribution in [0.25, 0.3) is 0 Å². The third kappa shape index (κ3) is 4.19. The lowest BCUT2D eigenvalue weighted by Gasteiger charge is -2.18. The number of hydrogen-bond donors (Lipinski definition) is 2. The summed E-state index contributed by atoms with van der Waals surface area (Å²) in [6.07, 6.45) is -0.456. The standard InChI is InChI=1S/C18H22FN3O5/c1-11(24)20-7-14-9-22(18(26)27-14)13-2-3-15(16(19)6-13)12-4-5-21(8-12)17(25)10-23/h2-3,6,12,14,23H,4-5,7-10H2,1H3,(H,20,24)/t12-,14+/m1/s1. The van der Waals surface area contributed by atoms with Gasteiger partial charge in [-0.05, 0) is 24.1 Å². The van der Waals surface area contributed by atoms with E-state index in [1.165, 1.54) is 22.8 Å². The highest BCUT2D eigenvalue weighted by molar-refractivity contribution is 5.89. The molecule has 0 spiro atoms. The number of rotatable bonds is 5. The molecule has 2 fully saturated rings. The molecule has 3 amide bonds. The maximum absolute atomic E-state index is 14.7. The van der Waals surface area contributed by atoms with E-state index in [2.05, 4.69) is 5.32 Å². The molecule has 8 nitrogen and oxygen atoms in total. The molecule has 2 aliphatic rings. The topological polar surface area (TPSA) is 99.2 Å². The number of hydrogen-bond acceptors (Lipinski definition) is 5. The van der Waals surface area contributed by atoms with Gasteiger partial charge in [-0.3, -0.25) is 14.5 Å². The number of anilines is 1. The minimum absolute atomic E-state index is 0.146. The van der Waals surface area contributed by atoms with Crippen molar-refractivity contribution in [2.24, 2.45) is 0 Å². The Balaban J connectivity index is 1.67. The van der Waals surface area contributed by atoms with Gasteiger partial charge in [0.05, 0.1) is 18.8 Å². The van der Waals surface area contributed by atoms with Crippen LogP contribution in [0, 0.1) is 5.82 Å². The smallest absolute Gasteiger partial charge is 0.414 e. The van der Waals surface area contributed by atoms with Crippen molar-refractivity contribution in [2.45, 2.75) is 25.4 Å². The van der Waals surface area contributed by atoms with Crippen LogP contribution in [-0.2, 0) is 14.3 Å². The third-order valence-corrected chi connectivity index (χ3v) is 4.86. The van der Waals surface area contributed by atoms with E-state index in [1.54, 1.807) is 12.1 Å². The molecule has 0 unspecified atom stereocenters. The predicted octanol–water partition coefficient (Wildman–Crippen LogP) is 0.595. The largest absolute Gasteiger partial charge is 0.442 e. The molecule has 2 heterocycles. The molecule has 1 aromatic rings. The van der Waals surface area contributed by atoms with Crippen molar-refractivity contribution in [3.05, 3.63) is 29.6 Å². The zero-order valence-corrected chi connectivity index (χ0v) is 15.0. The fourth-order valence-electron chi connectivity index (χ4n) is 3.45. The number of halogens is 1. The van der Waals surface area contributed by atoms with E-state index in [9.17, 15) is 18.8 Å². The summed E-state index contributed by atoms with van der Waals surface area (Å²) in [7, 11) is 0. The number of nitrogens with one attached hydrogen (secondary N) is 1. The zero-order chi connectivity index (χ0) is 19.6. The zero-order valence-electron chi connectivity index (χ0n) is 15.0. The van der Waals surface area contributed by atoms with Crippen LogP contribution < -0.4 is 10.2 Å². The Hall–Kier alpha value is -2.68. The van der Waals surface area contributed by atoms with E-state index in [1.807, 2.05) is 0 Å². The number of carbonyl (C=O) groups excluding carboxylic acids is 3. The first-order valence-corrected chi connectivity index (χ1v) is 8.79. The summed E-state index contributed by atoms with van der Waals surface area (Å²) in [5.41, 5.74) is 0.863. The number of cyclic esters (lactones) is 1. The van der Waals surface area contributed by atoms with Crippen LogP contribution in [0.4, 0.5) is 14.9 Å². The lowest BCUT2D eigenvalue weighted by Crippen LogP contribution is -2.33. The molecule has 1 aromatic carbocycles. The second kappa shape index (κ2) is 7.91. The van der Waals surface area contributed by atoms with Gasteiger partial charge in [-0.15, -0.1) is 0 Å². The quantitative estimate of drug-likeness (QED) is 0.780. The molecule has 9 heteroatoms. The van der Waals surface area contributed by atoms with E-state index in [-0.39, 0.29) is 30.8 Å². The molecule has 0 saturated carbocycles. The molecule has 27 heavy (non-hydrogen) atoms. The van der Waals surface area contributed by atoms with E-state index in [0.29, 0.717) is 30.8 Å². The number of aliphatic hydroxyl groups is 1. The Morgan fingerprint density at radius 2 is 2.15 bits per heavy atom. The van der Waals surface area contributed by atoms with Crippen molar-refractivity contribution in [3.63, 3.8) is 0 Å². The summed E-state index contributed by atoms with van der Waals surface area (Å²) >= 11 is 0. The highest BCUT2D eigenvalue weighted by Crippen LogP contribution is 2.32. The van der Waals surface area contributed by atoms with Gasteiger partial charge in [-0.2, -0.15) is 0 Å². The summed E-state index contributed by atoms with van der Waals surface area (Å²) in [4.78, 5) is 37.4. The number of aliphatic hydroxyl groups excluding tert-OH is 1. The van der Waals surface area contributed by atoms with Gasteiger partial charge >= 0.3 is 6.09 Å². The summed E-state index contributed by atoms with van der Waals surface area (Å²) in [6.45, 7) is 2.09. The van der Waals surface area contributed by atoms with Crippen molar-refractivity contribution in [1.82, 2.24) is 10.2 Å². The highest BCUT2D eigenvalue weighted by Gasteiger charge is 2.34. The Kier molecular flexibility index (Phi) is 5.59. The Morgan fingerprint density at radius 1 is 1.37 bits per heavy atom. The van der Waals surface area contributed by atoms with Crippen molar-refractivity contribution in [2.75, 3.05) is 37.7 Å². The average molecular weight is 379 g/mol. The Labute approximate surface area is 155 Å². The molecular formula is C18H22FN3O5. The van der Waals surface area contributed by atoms with Crippen LogP contribution in [0.5, 0.6) is 0 Å². The van der Waals surface area contributed by atoms with E-state index in [0.717, 1.165) is 0 Å². The van der Waals surface area contributed by atoms with E-state index < -0.39 is 24.6 Å². The molecule has 0 bridgehead atoms. The Morgan fingerprint density at radius 3 is 2.81 bits per heavy atom. The van der Waals surface area contributed by atoms with Crippen LogP contribution in [0.2, 0.25) is 0 Å². The van der Waals surface area contributed by atoms with Gasteiger partial charge in [0.2, 0.25) is 11.8 Å². The number of benzene rings is 1. The minimum Gasteiger partial charge on any atom is -0.442 e. The van der Waals surface area contributed by atoms with E-state index >= 15 is 0 Å². The van der Waals surface area contributed by atoms with Gasteiger partial charge in [0.25, 0.3) is 0 Å². The first-order chi connectivity index (χ1) is 12.9. The highest BCUT2D eigenvalue weighted by atomic mass is 19.1. The SMILES string of the molecule is CC(=O)NC[C@H]1CN(c2ccc([C@@H]3CCN(C(=O)CO)C3)c(F)c2)C(=O)O1. The molecule has 2 N–H and O–H groups in total.